The van der Waals surface area contributed by atoms with Gasteiger partial charge in [0.2, 0.25) is 0 Å². The van der Waals surface area contributed by atoms with Crippen LogP contribution in [0.3, 0.4) is 0 Å². The highest BCUT2D eigenvalue weighted by Gasteiger charge is 2.27. The van der Waals surface area contributed by atoms with Crippen LogP contribution in [-0.2, 0) is 6.54 Å². The van der Waals surface area contributed by atoms with Crippen LogP contribution in [0.1, 0.15) is 24.6 Å². The van der Waals surface area contributed by atoms with E-state index in [0.717, 1.165) is 16.5 Å². The Morgan fingerprint density at radius 1 is 1.43 bits per heavy atom. The van der Waals surface area contributed by atoms with Gasteiger partial charge in [-0.05, 0) is 44.0 Å². The number of aromatic nitrogens is 2. The van der Waals surface area contributed by atoms with Crippen molar-refractivity contribution in [2.45, 2.75) is 33.7 Å². The first kappa shape index (κ1) is 15.5. The van der Waals surface area contributed by atoms with E-state index in [1.165, 1.54) is 0 Å². The third kappa shape index (κ3) is 3.24. The monoisotopic (exact) mass is 353 g/mol. The molecule has 0 atom stereocenters. The number of benzene rings is 1. The summed E-state index contributed by atoms with van der Waals surface area (Å²) in [4.78, 5) is 10.8. The number of nitro groups is 1. The van der Waals surface area contributed by atoms with Crippen LogP contribution in [0, 0.1) is 24.0 Å². The van der Waals surface area contributed by atoms with E-state index in [2.05, 4.69) is 21.0 Å². The number of rotatable bonds is 5. The molecule has 21 heavy (non-hydrogen) atoms. The molecule has 112 valence electrons. The Kier molecular flexibility index (Phi) is 4.62. The van der Waals surface area contributed by atoms with Crippen LogP contribution in [-0.4, -0.2) is 14.7 Å². The van der Waals surface area contributed by atoms with Gasteiger partial charge in [0.05, 0.1) is 4.92 Å². The Balaban J connectivity index is 2.48. The van der Waals surface area contributed by atoms with Gasteiger partial charge in [-0.1, -0.05) is 22.9 Å². The molecule has 0 amide bonds. The largest absolute Gasteiger partial charge is 0.434 e. The van der Waals surface area contributed by atoms with Crippen molar-refractivity contribution in [1.82, 2.24) is 9.78 Å². The molecule has 2 rings (SSSR count). The number of nitrogens with zero attached hydrogens (tertiary/aromatic N) is 3. The summed E-state index contributed by atoms with van der Waals surface area (Å²) >= 11 is 3.38. The van der Waals surface area contributed by atoms with Crippen LogP contribution in [0.25, 0.3) is 0 Å². The van der Waals surface area contributed by atoms with Gasteiger partial charge in [-0.2, -0.15) is 5.10 Å². The SMILES string of the molecule is CCCn1nc(C)c([N+](=O)[O-])c1Oc1ccc(Br)cc1C. The molecule has 0 saturated carbocycles. The van der Waals surface area contributed by atoms with E-state index >= 15 is 0 Å². The summed E-state index contributed by atoms with van der Waals surface area (Å²) < 4.78 is 8.28. The van der Waals surface area contributed by atoms with E-state index in [-0.39, 0.29) is 11.6 Å². The highest BCUT2D eigenvalue weighted by molar-refractivity contribution is 9.10. The third-order valence-corrected chi connectivity index (χ3v) is 3.51. The van der Waals surface area contributed by atoms with Crippen molar-refractivity contribution < 1.29 is 9.66 Å². The standard InChI is InChI=1S/C14H16BrN3O3/c1-4-7-17-14(13(18(19)20)10(3)16-17)21-12-6-5-11(15)8-9(12)2/h5-6,8H,4,7H2,1-3H3. The van der Waals surface area contributed by atoms with Gasteiger partial charge in [0, 0.05) is 11.0 Å². The fraction of sp³-hybridized carbons (Fsp3) is 0.357. The molecule has 0 spiro atoms. The molecule has 0 aliphatic rings. The second-order valence-electron chi connectivity index (χ2n) is 4.73. The first-order valence-electron chi connectivity index (χ1n) is 6.59. The number of halogens is 1. The van der Waals surface area contributed by atoms with E-state index in [9.17, 15) is 10.1 Å². The predicted molar refractivity (Wildman–Crippen MR) is 82.9 cm³/mol. The average Bonchev–Trinajstić information content (AvgIpc) is 2.69. The van der Waals surface area contributed by atoms with E-state index < -0.39 is 4.92 Å². The zero-order chi connectivity index (χ0) is 15.6. The number of aryl methyl sites for hydroxylation is 3. The lowest BCUT2D eigenvalue weighted by Crippen LogP contribution is -2.03. The van der Waals surface area contributed by atoms with Crippen LogP contribution in [0.5, 0.6) is 11.6 Å². The molecule has 0 radical (unpaired) electrons. The van der Waals surface area contributed by atoms with Crippen molar-refractivity contribution in [3.63, 3.8) is 0 Å². The number of hydrogen-bond acceptors (Lipinski definition) is 4. The Morgan fingerprint density at radius 2 is 2.14 bits per heavy atom. The summed E-state index contributed by atoms with van der Waals surface area (Å²) in [5.74, 6) is 0.767. The summed E-state index contributed by atoms with van der Waals surface area (Å²) in [5, 5.41) is 15.5. The quantitative estimate of drug-likeness (QED) is 0.590. The molecule has 7 heteroatoms. The van der Waals surface area contributed by atoms with Crippen LogP contribution in [0.15, 0.2) is 22.7 Å². The van der Waals surface area contributed by atoms with E-state index in [1.807, 2.05) is 26.0 Å². The Bertz CT molecular complexity index is 682. The molecule has 2 aromatic rings. The van der Waals surface area contributed by atoms with Crippen LogP contribution in [0.4, 0.5) is 5.69 Å². The molecule has 0 saturated heterocycles. The summed E-state index contributed by atoms with van der Waals surface area (Å²) in [6.45, 7) is 6.06. The number of hydrogen-bond donors (Lipinski definition) is 0. The van der Waals surface area contributed by atoms with E-state index in [1.54, 1.807) is 17.7 Å². The maximum atomic E-state index is 11.3. The third-order valence-electron chi connectivity index (χ3n) is 3.01. The normalized spacial score (nSPS) is 10.7. The average molecular weight is 354 g/mol. The highest BCUT2D eigenvalue weighted by atomic mass is 79.9. The molecule has 0 aliphatic carbocycles. The molecule has 1 aromatic heterocycles. The van der Waals surface area contributed by atoms with Gasteiger partial charge in [-0.25, -0.2) is 4.68 Å². The lowest BCUT2D eigenvalue weighted by molar-refractivity contribution is -0.386. The predicted octanol–water partition coefficient (Wildman–Crippen LogP) is 4.37. The molecular formula is C14H16BrN3O3. The molecule has 6 nitrogen and oxygen atoms in total. The van der Waals surface area contributed by atoms with Gasteiger partial charge in [0.15, 0.2) is 0 Å². The maximum Gasteiger partial charge on any atom is 0.353 e. The highest BCUT2D eigenvalue weighted by Crippen LogP contribution is 2.36. The van der Waals surface area contributed by atoms with Crippen molar-refractivity contribution in [3.05, 3.63) is 44.0 Å². The smallest absolute Gasteiger partial charge is 0.353 e. The first-order valence-corrected chi connectivity index (χ1v) is 7.39. The minimum atomic E-state index is -0.446. The van der Waals surface area contributed by atoms with Crippen molar-refractivity contribution >= 4 is 21.6 Å². The fourth-order valence-electron chi connectivity index (χ4n) is 2.06. The Hall–Kier alpha value is -1.89. The molecule has 0 N–H and O–H groups in total. The van der Waals surface area contributed by atoms with Gasteiger partial charge < -0.3 is 4.74 Å². The zero-order valence-corrected chi connectivity index (χ0v) is 13.7. The summed E-state index contributed by atoms with van der Waals surface area (Å²) in [5.41, 5.74) is 1.17. The Labute approximate surface area is 131 Å². The van der Waals surface area contributed by atoms with Gasteiger partial charge in [-0.3, -0.25) is 10.1 Å². The van der Waals surface area contributed by atoms with E-state index in [4.69, 9.17) is 4.74 Å². The van der Waals surface area contributed by atoms with Crippen LogP contribution >= 0.6 is 15.9 Å². The molecule has 1 aromatic carbocycles. The molecule has 0 fully saturated rings. The molecule has 0 aliphatic heterocycles. The molecular weight excluding hydrogens is 338 g/mol. The van der Waals surface area contributed by atoms with Crippen LogP contribution in [0.2, 0.25) is 0 Å². The van der Waals surface area contributed by atoms with Gasteiger partial charge in [0.25, 0.3) is 5.88 Å². The van der Waals surface area contributed by atoms with Crippen molar-refractivity contribution in [1.29, 1.82) is 0 Å². The summed E-state index contributed by atoms with van der Waals surface area (Å²) in [7, 11) is 0. The minimum Gasteiger partial charge on any atom is -0.434 e. The van der Waals surface area contributed by atoms with Gasteiger partial charge in [-0.15, -0.1) is 0 Å². The van der Waals surface area contributed by atoms with Crippen LogP contribution < -0.4 is 4.74 Å². The number of ether oxygens (including phenoxy) is 1. The summed E-state index contributed by atoms with van der Waals surface area (Å²) in [6.07, 6.45) is 0.813. The van der Waals surface area contributed by atoms with E-state index in [0.29, 0.717) is 18.0 Å². The topological polar surface area (TPSA) is 70.2 Å². The van der Waals surface area contributed by atoms with Crippen molar-refractivity contribution in [2.75, 3.05) is 0 Å². The molecule has 0 unspecified atom stereocenters. The maximum absolute atomic E-state index is 11.3. The fourth-order valence-corrected chi connectivity index (χ4v) is 2.53. The van der Waals surface area contributed by atoms with Gasteiger partial charge in [0.1, 0.15) is 11.4 Å². The molecule has 0 bridgehead atoms. The van der Waals surface area contributed by atoms with Crippen molar-refractivity contribution in [3.8, 4) is 11.6 Å². The second-order valence-corrected chi connectivity index (χ2v) is 5.65. The minimum absolute atomic E-state index is 0.0780. The van der Waals surface area contributed by atoms with Crippen molar-refractivity contribution in [2.24, 2.45) is 0 Å². The summed E-state index contributed by atoms with van der Waals surface area (Å²) in [6, 6.07) is 5.51. The molecule has 1 heterocycles. The zero-order valence-electron chi connectivity index (χ0n) is 12.1. The lowest BCUT2D eigenvalue weighted by atomic mass is 10.2. The van der Waals surface area contributed by atoms with Gasteiger partial charge >= 0.3 is 5.69 Å². The Morgan fingerprint density at radius 3 is 2.71 bits per heavy atom. The second kappa shape index (κ2) is 6.26. The lowest BCUT2D eigenvalue weighted by Gasteiger charge is -2.10. The first-order chi connectivity index (χ1) is 9.93.